The van der Waals surface area contributed by atoms with E-state index in [-0.39, 0.29) is 36.3 Å². The summed E-state index contributed by atoms with van der Waals surface area (Å²) in [7, 11) is 0. The smallest absolute Gasteiger partial charge is 0.323 e. The van der Waals surface area contributed by atoms with Gasteiger partial charge in [0, 0.05) is 29.3 Å². The second-order valence-electron chi connectivity index (χ2n) is 9.60. The van der Waals surface area contributed by atoms with Gasteiger partial charge >= 0.3 is 5.97 Å². The molecule has 5 nitrogen and oxygen atoms in total. The average Bonchev–Trinajstić information content (AvgIpc) is 3.09. The van der Waals surface area contributed by atoms with Gasteiger partial charge in [-0.1, -0.05) is 36.4 Å². The Morgan fingerprint density at radius 3 is 2.53 bits per heavy atom. The van der Waals surface area contributed by atoms with Gasteiger partial charge in [0.2, 0.25) is 0 Å². The summed E-state index contributed by atoms with van der Waals surface area (Å²) >= 11 is 0. The molecular weight excluding hydrogens is 431 g/mol. The molecule has 2 unspecified atom stereocenters. The molecule has 3 aromatic carbocycles. The van der Waals surface area contributed by atoms with Crippen molar-refractivity contribution in [2.75, 3.05) is 11.4 Å². The maximum Gasteiger partial charge on any atom is 0.323 e. The van der Waals surface area contributed by atoms with E-state index in [0.29, 0.717) is 11.5 Å². The van der Waals surface area contributed by atoms with Crippen molar-refractivity contribution >= 4 is 28.3 Å². The fourth-order valence-electron chi connectivity index (χ4n) is 6.06. The molecule has 0 radical (unpaired) electrons. The van der Waals surface area contributed by atoms with E-state index in [9.17, 15) is 19.1 Å². The molecule has 2 N–H and O–H groups in total. The van der Waals surface area contributed by atoms with Crippen LogP contribution in [0.3, 0.4) is 0 Å². The van der Waals surface area contributed by atoms with Gasteiger partial charge in [-0.25, -0.2) is 4.39 Å². The lowest BCUT2D eigenvalue weighted by Gasteiger charge is -2.36. The number of halogens is 1. The van der Waals surface area contributed by atoms with E-state index in [2.05, 4.69) is 5.32 Å². The van der Waals surface area contributed by atoms with Gasteiger partial charge < -0.3 is 15.3 Å². The third kappa shape index (κ3) is 4.13. The molecule has 0 bridgehead atoms. The highest BCUT2D eigenvalue weighted by atomic mass is 19.1. The number of anilines is 1. The number of nitrogens with zero attached hydrogens (tertiary/aromatic N) is 1. The van der Waals surface area contributed by atoms with E-state index >= 15 is 0 Å². The molecule has 1 fully saturated rings. The van der Waals surface area contributed by atoms with Gasteiger partial charge in [0.1, 0.15) is 12.4 Å². The van der Waals surface area contributed by atoms with Crippen LogP contribution in [0.1, 0.15) is 54.4 Å². The largest absolute Gasteiger partial charge is 0.480 e. The van der Waals surface area contributed by atoms with Gasteiger partial charge in [-0.2, -0.15) is 0 Å². The van der Waals surface area contributed by atoms with E-state index in [0.717, 1.165) is 47.7 Å². The number of nitrogens with one attached hydrogen (secondary N) is 1. The lowest BCUT2D eigenvalue weighted by Crippen LogP contribution is -2.41. The van der Waals surface area contributed by atoms with Crippen LogP contribution in [0.4, 0.5) is 10.1 Å². The number of carboxylic acids is 1. The second kappa shape index (κ2) is 9.09. The summed E-state index contributed by atoms with van der Waals surface area (Å²) in [5.41, 5.74) is 2.43. The quantitative estimate of drug-likeness (QED) is 0.539. The molecule has 1 aliphatic carbocycles. The molecule has 1 amide bonds. The zero-order valence-corrected chi connectivity index (χ0v) is 19.2. The minimum atomic E-state index is -0.886. The predicted molar refractivity (Wildman–Crippen MR) is 131 cm³/mol. The van der Waals surface area contributed by atoms with E-state index in [1.807, 2.05) is 54.3 Å². The van der Waals surface area contributed by atoms with Crippen molar-refractivity contribution < 1.29 is 19.1 Å². The van der Waals surface area contributed by atoms with Crippen LogP contribution in [0.2, 0.25) is 0 Å². The molecule has 2 aliphatic rings. The fraction of sp³-hybridized carbons (Fsp3) is 0.357. The van der Waals surface area contributed by atoms with Crippen LogP contribution in [0, 0.1) is 11.7 Å². The number of carbonyl (C=O) groups is 2. The first kappa shape index (κ1) is 22.4. The SMILES string of the molecule is CC1C(C2CCC(NC(=O)c3cccc4ccccc34)CC2)c2cc(F)ccc2N1CC(=O)O. The van der Waals surface area contributed by atoms with Crippen LogP contribution < -0.4 is 10.2 Å². The van der Waals surface area contributed by atoms with E-state index in [1.165, 1.54) is 6.07 Å². The Kier molecular flexibility index (Phi) is 5.98. The lowest BCUT2D eigenvalue weighted by molar-refractivity contribution is -0.135. The van der Waals surface area contributed by atoms with Crippen molar-refractivity contribution in [2.24, 2.45) is 5.92 Å². The molecule has 2 atom stereocenters. The van der Waals surface area contributed by atoms with Crippen molar-refractivity contribution in [1.29, 1.82) is 0 Å². The Labute approximate surface area is 198 Å². The Hall–Kier alpha value is -3.41. The molecule has 1 aliphatic heterocycles. The van der Waals surface area contributed by atoms with Crippen LogP contribution in [-0.2, 0) is 4.79 Å². The van der Waals surface area contributed by atoms with Gasteiger partial charge in [0.25, 0.3) is 5.91 Å². The summed E-state index contributed by atoms with van der Waals surface area (Å²) in [5, 5.41) is 14.6. The molecule has 34 heavy (non-hydrogen) atoms. The Morgan fingerprint density at radius 2 is 1.76 bits per heavy atom. The minimum Gasteiger partial charge on any atom is -0.480 e. The number of hydrogen-bond acceptors (Lipinski definition) is 3. The number of fused-ring (bicyclic) bond motifs is 2. The highest BCUT2D eigenvalue weighted by molar-refractivity contribution is 6.07. The normalized spacial score (nSPS) is 24.1. The molecule has 0 saturated heterocycles. The van der Waals surface area contributed by atoms with Crippen LogP contribution >= 0.6 is 0 Å². The van der Waals surface area contributed by atoms with Crippen LogP contribution in [0.15, 0.2) is 60.7 Å². The van der Waals surface area contributed by atoms with Crippen molar-refractivity contribution in [3.63, 3.8) is 0 Å². The average molecular weight is 461 g/mol. The highest BCUT2D eigenvalue weighted by Crippen LogP contribution is 2.48. The Morgan fingerprint density at radius 1 is 1.03 bits per heavy atom. The second-order valence-corrected chi connectivity index (χ2v) is 9.60. The van der Waals surface area contributed by atoms with Crippen molar-refractivity contribution in [1.82, 2.24) is 5.32 Å². The standard InChI is InChI=1S/C28H29FN2O3/c1-17-27(24-15-20(29)11-14-25(24)31(17)16-26(32)33)19-9-12-21(13-10-19)30-28(34)23-8-4-6-18-5-2-3-7-22(18)23/h2-8,11,14-15,17,19,21,27H,9-10,12-13,16H2,1H3,(H,30,34)(H,32,33). The maximum atomic E-state index is 14.1. The number of carboxylic acid groups (broad SMARTS) is 1. The molecule has 1 saturated carbocycles. The summed E-state index contributed by atoms with van der Waals surface area (Å²) < 4.78 is 14.1. The summed E-state index contributed by atoms with van der Waals surface area (Å²) in [6, 6.07) is 18.5. The van der Waals surface area contributed by atoms with E-state index in [4.69, 9.17) is 0 Å². The van der Waals surface area contributed by atoms with E-state index < -0.39 is 5.97 Å². The zero-order valence-electron chi connectivity index (χ0n) is 19.2. The fourth-order valence-corrected chi connectivity index (χ4v) is 6.06. The van der Waals surface area contributed by atoms with E-state index in [1.54, 1.807) is 12.1 Å². The minimum absolute atomic E-state index is 0.0141. The lowest BCUT2D eigenvalue weighted by atomic mass is 9.74. The van der Waals surface area contributed by atoms with Crippen LogP contribution in [0.25, 0.3) is 10.8 Å². The van der Waals surface area contributed by atoms with Crippen LogP contribution in [-0.4, -0.2) is 35.6 Å². The van der Waals surface area contributed by atoms with Crippen molar-refractivity contribution in [3.8, 4) is 0 Å². The summed E-state index contributed by atoms with van der Waals surface area (Å²) in [4.78, 5) is 26.4. The first-order valence-corrected chi connectivity index (χ1v) is 12.0. The number of benzene rings is 3. The summed E-state index contributed by atoms with van der Waals surface area (Å²) in [6.45, 7) is 1.95. The molecule has 3 aromatic rings. The third-order valence-corrected chi connectivity index (χ3v) is 7.62. The molecule has 1 heterocycles. The monoisotopic (exact) mass is 460 g/mol. The molecule has 0 spiro atoms. The number of rotatable bonds is 5. The van der Waals surface area contributed by atoms with Gasteiger partial charge in [-0.3, -0.25) is 9.59 Å². The Bertz CT molecular complexity index is 1230. The van der Waals surface area contributed by atoms with Crippen molar-refractivity contribution in [2.45, 2.75) is 50.6 Å². The molecule has 5 rings (SSSR count). The molecule has 6 heteroatoms. The first-order chi connectivity index (χ1) is 16.4. The summed E-state index contributed by atoms with van der Waals surface area (Å²) in [6.07, 6.45) is 3.53. The highest BCUT2D eigenvalue weighted by Gasteiger charge is 2.42. The van der Waals surface area contributed by atoms with Crippen molar-refractivity contribution in [3.05, 3.63) is 77.6 Å². The Balaban J connectivity index is 1.28. The van der Waals surface area contributed by atoms with Crippen LogP contribution in [0.5, 0.6) is 0 Å². The first-order valence-electron chi connectivity index (χ1n) is 12.0. The number of carbonyl (C=O) groups excluding carboxylic acids is 1. The number of amides is 1. The van der Waals surface area contributed by atoms with Gasteiger partial charge in [0.15, 0.2) is 0 Å². The number of aliphatic carboxylic acids is 1. The zero-order chi connectivity index (χ0) is 23.8. The summed E-state index contributed by atoms with van der Waals surface area (Å²) in [5.74, 6) is -0.818. The third-order valence-electron chi connectivity index (χ3n) is 7.62. The predicted octanol–water partition coefficient (Wildman–Crippen LogP) is 5.34. The maximum absolute atomic E-state index is 14.1. The topological polar surface area (TPSA) is 69.6 Å². The molecule has 176 valence electrons. The van der Waals surface area contributed by atoms with Gasteiger partial charge in [-0.05, 0) is 79.1 Å². The molecule has 0 aromatic heterocycles. The molecular formula is C28H29FN2O3. The van der Waals surface area contributed by atoms with Gasteiger partial charge in [0.05, 0.1) is 0 Å². The number of hydrogen-bond donors (Lipinski definition) is 2. The van der Waals surface area contributed by atoms with Gasteiger partial charge in [-0.15, -0.1) is 0 Å².